The molecule has 0 N–H and O–H groups in total. The fourth-order valence-electron chi connectivity index (χ4n) is 1.46. The topological polar surface area (TPSA) is 40.6 Å². The summed E-state index contributed by atoms with van der Waals surface area (Å²) in [5.41, 5.74) is 0. The van der Waals surface area contributed by atoms with Crippen LogP contribution < -0.4 is 0 Å². The van der Waals surface area contributed by atoms with Crippen molar-refractivity contribution in [3.63, 3.8) is 0 Å². The maximum Gasteiger partial charge on any atom is 0.242 e. The molecule has 4 nitrogen and oxygen atoms in total. The largest absolute Gasteiger partial charge is 0.332 e. The Labute approximate surface area is 89.7 Å². The number of carbonyl (C=O) groups excluding carboxylic acids is 2. The highest BCUT2D eigenvalue weighted by Gasteiger charge is 2.27. The van der Waals surface area contributed by atoms with Crippen molar-refractivity contribution in [1.82, 2.24) is 9.80 Å². The Morgan fingerprint density at radius 3 is 2.36 bits per heavy atom. The fraction of sp³-hybridized carbons (Fsp3) is 0.778. The summed E-state index contributed by atoms with van der Waals surface area (Å²) in [5.74, 6) is 0.842. The zero-order valence-electron chi connectivity index (χ0n) is 8.40. The molecule has 1 fully saturated rings. The molecular weight excluding hydrogens is 200 g/mol. The lowest BCUT2D eigenvalue weighted by Crippen LogP contribution is -2.53. The molecule has 80 valence electrons. The minimum Gasteiger partial charge on any atom is -0.332 e. The van der Waals surface area contributed by atoms with Crippen molar-refractivity contribution in [1.29, 1.82) is 0 Å². The Morgan fingerprint density at radius 2 is 1.79 bits per heavy atom. The molecular formula is C9H16N2O2S. The first-order valence-corrected chi connectivity index (χ1v) is 5.48. The molecule has 0 radical (unpaired) electrons. The minimum absolute atomic E-state index is 0.0475. The second kappa shape index (κ2) is 5.24. The quantitative estimate of drug-likeness (QED) is 0.672. The van der Waals surface area contributed by atoms with Gasteiger partial charge in [-0.3, -0.25) is 9.59 Å². The summed E-state index contributed by atoms with van der Waals surface area (Å²) in [7, 11) is 0. The monoisotopic (exact) mass is 216 g/mol. The van der Waals surface area contributed by atoms with Gasteiger partial charge in [-0.05, 0) is 19.1 Å². The van der Waals surface area contributed by atoms with Gasteiger partial charge in [-0.15, -0.1) is 0 Å². The van der Waals surface area contributed by atoms with Crippen LogP contribution >= 0.6 is 12.6 Å². The predicted octanol–water partition coefficient (Wildman–Crippen LogP) is -0.00300. The van der Waals surface area contributed by atoms with Crippen LogP contribution in [0, 0.1) is 0 Å². The maximum atomic E-state index is 11.5. The summed E-state index contributed by atoms with van der Waals surface area (Å²) >= 11 is 4.08. The number of piperazine rings is 1. The van der Waals surface area contributed by atoms with Gasteiger partial charge in [-0.1, -0.05) is 0 Å². The molecule has 0 bridgehead atoms. The second-order valence-electron chi connectivity index (χ2n) is 3.30. The van der Waals surface area contributed by atoms with Crippen molar-refractivity contribution in [3.05, 3.63) is 0 Å². The molecule has 0 aromatic rings. The van der Waals surface area contributed by atoms with Crippen LogP contribution in [0.4, 0.5) is 0 Å². The summed E-state index contributed by atoms with van der Waals surface area (Å²) in [4.78, 5) is 26.2. The van der Waals surface area contributed by atoms with E-state index in [0.717, 1.165) is 12.2 Å². The third-order valence-electron chi connectivity index (χ3n) is 2.33. The SMILES string of the molecule is CCN1CC(=O)N(CCCS)CC1=O. The lowest BCUT2D eigenvalue weighted by Gasteiger charge is -2.33. The number of nitrogens with zero attached hydrogens (tertiary/aromatic N) is 2. The van der Waals surface area contributed by atoms with Crippen LogP contribution in [0.3, 0.4) is 0 Å². The summed E-state index contributed by atoms with van der Waals surface area (Å²) < 4.78 is 0. The summed E-state index contributed by atoms with van der Waals surface area (Å²) in [5, 5.41) is 0. The van der Waals surface area contributed by atoms with Crippen molar-refractivity contribution >= 4 is 24.4 Å². The van der Waals surface area contributed by atoms with Crippen molar-refractivity contribution in [2.45, 2.75) is 13.3 Å². The molecule has 1 saturated heterocycles. The average Bonchev–Trinajstić information content (AvgIpc) is 2.18. The van der Waals surface area contributed by atoms with E-state index in [1.54, 1.807) is 9.80 Å². The Hall–Kier alpha value is -0.710. The second-order valence-corrected chi connectivity index (χ2v) is 3.75. The Bertz CT molecular complexity index is 233. The van der Waals surface area contributed by atoms with Crippen LogP contribution in [-0.2, 0) is 9.59 Å². The Morgan fingerprint density at radius 1 is 1.21 bits per heavy atom. The van der Waals surface area contributed by atoms with Gasteiger partial charge < -0.3 is 9.80 Å². The van der Waals surface area contributed by atoms with Crippen LogP contribution in [0.25, 0.3) is 0 Å². The van der Waals surface area contributed by atoms with Crippen LogP contribution in [0.15, 0.2) is 0 Å². The van der Waals surface area contributed by atoms with Gasteiger partial charge in [0.15, 0.2) is 0 Å². The van der Waals surface area contributed by atoms with Gasteiger partial charge in [0.05, 0.1) is 13.1 Å². The number of thiol groups is 1. The van der Waals surface area contributed by atoms with E-state index in [0.29, 0.717) is 13.1 Å². The third kappa shape index (κ3) is 2.64. The van der Waals surface area contributed by atoms with Crippen LogP contribution in [0.5, 0.6) is 0 Å². The van der Waals surface area contributed by atoms with E-state index in [4.69, 9.17) is 0 Å². The van der Waals surface area contributed by atoms with E-state index in [1.165, 1.54) is 0 Å². The van der Waals surface area contributed by atoms with E-state index < -0.39 is 0 Å². The van der Waals surface area contributed by atoms with Crippen molar-refractivity contribution < 1.29 is 9.59 Å². The Balaban J connectivity index is 2.49. The van der Waals surface area contributed by atoms with Gasteiger partial charge in [0.25, 0.3) is 0 Å². The van der Waals surface area contributed by atoms with Gasteiger partial charge in [-0.25, -0.2) is 0 Å². The molecule has 0 atom stereocenters. The zero-order valence-corrected chi connectivity index (χ0v) is 9.30. The molecule has 0 saturated carbocycles. The normalized spacial score (nSPS) is 17.9. The molecule has 1 aliphatic heterocycles. The highest BCUT2D eigenvalue weighted by atomic mass is 32.1. The number of hydrogen-bond donors (Lipinski definition) is 1. The molecule has 0 spiro atoms. The minimum atomic E-state index is 0.0475. The maximum absolute atomic E-state index is 11.5. The standard InChI is InChI=1S/C9H16N2O2S/c1-2-10-6-9(13)11(4-3-5-14)7-8(10)12/h14H,2-7H2,1H3. The molecule has 1 aliphatic rings. The first-order valence-electron chi connectivity index (χ1n) is 4.85. The lowest BCUT2D eigenvalue weighted by molar-refractivity contribution is -0.149. The Kier molecular flexibility index (Phi) is 4.25. The smallest absolute Gasteiger partial charge is 0.242 e. The van der Waals surface area contributed by atoms with E-state index in [9.17, 15) is 9.59 Å². The van der Waals surface area contributed by atoms with Crippen molar-refractivity contribution in [2.24, 2.45) is 0 Å². The summed E-state index contributed by atoms with van der Waals surface area (Å²) in [6, 6.07) is 0. The highest BCUT2D eigenvalue weighted by Crippen LogP contribution is 2.05. The molecule has 0 unspecified atom stereocenters. The first-order chi connectivity index (χ1) is 6.69. The predicted molar refractivity (Wildman–Crippen MR) is 57.3 cm³/mol. The first kappa shape index (κ1) is 11.4. The molecule has 1 rings (SSSR count). The molecule has 1 heterocycles. The number of hydrogen-bond acceptors (Lipinski definition) is 3. The van der Waals surface area contributed by atoms with Gasteiger partial charge in [-0.2, -0.15) is 12.6 Å². The fourth-order valence-corrected chi connectivity index (χ4v) is 1.60. The van der Waals surface area contributed by atoms with Gasteiger partial charge >= 0.3 is 0 Å². The van der Waals surface area contributed by atoms with E-state index in [2.05, 4.69) is 12.6 Å². The molecule has 2 amide bonds. The number of likely N-dealkylation sites (N-methyl/N-ethyl adjacent to an activating group) is 1. The van der Waals surface area contributed by atoms with Crippen LogP contribution in [-0.4, -0.2) is 53.5 Å². The molecule has 14 heavy (non-hydrogen) atoms. The van der Waals surface area contributed by atoms with Gasteiger partial charge in [0.2, 0.25) is 11.8 Å². The molecule has 5 heteroatoms. The van der Waals surface area contributed by atoms with E-state index >= 15 is 0 Å². The number of amides is 2. The van der Waals surface area contributed by atoms with E-state index in [-0.39, 0.29) is 24.9 Å². The third-order valence-corrected chi connectivity index (χ3v) is 2.64. The van der Waals surface area contributed by atoms with Crippen molar-refractivity contribution in [3.8, 4) is 0 Å². The summed E-state index contributed by atoms with van der Waals surface area (Å²) in [6.07, 6.45) is 0.842. The molecule has 0 aromatic carbocycles. The lowest BCUT2D eigenvalue weighted by atomic mass is 10.2. The van der Waals surface area contributed by atoms with Gasteiger partial charge in [0.1, 0.15) is 0 Å². The highest BCUT2D eigenvalue weighted by molar-refractivity contribution is 7.80. The number of rotatable bonds is 4. The molecule has 0 aliphatic carbocycles. The van der Waals surface area contributed by atoms with Crippen LogP contribution in [0.1, 0.15) is 13.3 Å². The zero-order chi connectivity index (χ0) is 10.6. The summed E-state index contributed by atoms with van der Waals surface area (Å²) in [6.45, 7) is 3.62. The molecule has 0 aromatic heterocycles. The van der Waals surface area contributed by atoms with E-state index in [1.807, 2.05) is 6.92 Å². The van der Waals surface area contributed by atoms with Crippen LogP contribution in [0.2, 0.25) is 0 Å². The van der Waals surface area contributed by atoms with Gasteiger partial charge in [0, 0.05) is 13.1 Å². The average molecular weight is 216 g/mol. The van der Waals surface area contributed by atoms with Crippen molar-refractivity contribution in [2.75, 3.05) is 31.9 Å². The number of carbonyl (C=O) groups is 2.